The molecule has 2 aliphatic rings. The van der Waals surface area contributed by atoms with Crippen molar-refractivity contribution in [3.8, 4) is 0 Å². The fourth-order valence-corrected chi connectivity index (χ4v) is 3.69. The van der Waals surface area contributed by atoms with E-state index in [1.54, 1.807) is 6.20 Å². The molecule has 6 heteroatoms. The van der Waals surface area contributed by atoms with Crippen LogP contribution in [0, 0.1) is 12.8 Å². The summed E-state index contributed by atoms with van der Waals surface area (Å²) >= 11 is 6.17. The number of aromatic nitrogens is 2. The first-order valence-electron chi connectivity index (χ1n) is 7.78. The number of rotatable bonds is 1. The summed E-state index contributed by atoms with van der Waals surface area (Å²) in [6, 6.07) is 2.13. The van der Waals surface area contributed by atoms with Gasteiger partial charge in [0, 0.05) is 36.9 Å². The molecule has 1 amide bonds. The van der Waals surface area contributed by atoms with Crippen LogP contribution in [0.25, 0.3) is 11.0 Å². The molecule has 0 saturated carbocycles. The van der Waals surface area contributed by atoms with E-state index in [0.717, 1.165) is 54.9 Å². The Morgan fingerprint density at radius 3 is 3.09 bits per heavy atom. The average Bonchev–Trinajstić information content (AvgIpc) is 3.17. The molecule has 1 unspecified atom stereocenters. The minimum atomic E-state index is 0.144. The second kappa shape index (κ2) is 5.25. The van der Waals surface area contributed by atoms with Gasteiger partial charge in [-0.05, 0) is 31.5 Å². The Labute approximate surface area is 134 Å². The van der Waals surface area contributed by atoms with E-state index in [1.807, 2.05) is 11.8 Å². The van der Waals surface area contributed by atoms with Crippen molar-refractivity contribution in [1.29, 1.82) is 0 Å². The van der Waals surface area contributed by atoms with Crippen molar-refractivity contribution >= 4 is 28.5 Å². The average molecular weight is 319 g/mol. The predicted octanol–water partition coefficient (Wildman–Crippen LogP) is 1.95. The second-order valence-corrected chi connectivity index (χ2v) is 6.61. The van der Waals surface area contributed by atoms with E-state index < -0.39 is 0 Å². The van der Waals surface area contributed by atoms with Gasteiger partial charge in [-0.1, -0.05) is 11.6 Å². The number of halogens is 1. The Morgan fingerprint density at radius 2 is 2.32 bits per heavy atom. The van der Waals surface area contributed by atoms with E-state index in [4.69, 9.17) is 11.6 Å². The highest BCUT2D eigenvalue weighted by atomic mass is 35.5. The third-order valence-electron chi connectivity index (χ3n) is 4.88. The van der Waals surface area contributed by atoms with Gasteiger partial charge in [-0.2, -0.15) is 0 Å². The lowest BCUT2D eigenvalue weighted by Crippen LogP contribution is -2.41. The zero-order valence-electron chi connectivity index (χ0n) is 12.6. The lowest BCUT2D eigenvalue weighted by Gasteiger charge is -2.30. The summed E-state index contributed by atoms with van der Waals surface area (Å²) in [6.07, 6.45) is 2.67. The quantitative estimate of drug-likeness (QED) is 0.874. The zero-order chi connectivity index (χ0) is 15.3. The molecule has 0 bridgehead atoms. The molecule has 1 fully saturated rings. The Balaban J connectivity index is 1.66. The summed E-state index contributed by atoms with van der Waals surface area (Å²) in [5, 5.41) is 5.06. The highest BCUT2D eigenvalue weighted by molar-refractivity contribution is 6.32. The van der Waals surface area contributed by atoms with Crippen LogP contribution in [-0.4, -0.2) is 40.0 Å². The van der Waals surface area contributed by atoms with Crippen LogP contribution in [-0.2, 0) is 17.9 Å². The lowest BCUT2D eigenvalue weighted by atomic mass is 10.1. The molecule has 5 nitrogen and oxygen atoms in total. The first-order chi connectivity index (χ1) is 10.6. The maximum atomic E-state index is 12.6. The van der Waals surface area contributed by atoms with Gasteiger partial charge in [-0.3, -0.25) is 4.79 Å². The third-order valence-corrected chi connectivity index (χ3v) is 5.27. The van der Waals surface area contributed by atoms with Gasteiger partial charge in [0.15, 0.2) is 0 Å². The highest BCUT2D eigenvalue weighted by Crippen LogP contribution is 2.29. The Kier molecular flexibility index (Phi) is 3.35. The van der Waals surface area contributed by atoms with Gasteiger partial charge in [0.05, 0.1) is 17.5 Å². The molecule has 2 aromatic rings. The number of amides is 1. The summed E-state index contributed by atoms with van der Waals surface area (Å²) in [4.78, 5) is 19.1. The van der Waals surface area contributed by atoms with Gasteiger partial charge in [-0.15, -0.1) is 0 Å². The number of aryl methyl sites for hydroxylation is 1. The van der Waals surface area contributed by atoms with Crippen LogP contribution in [0.5, 0.6) is 0 Å². The molecule has 0 aliphatic carbocycles. The van der Waals surface area contributed by atoms with E-state index >= 15 is 0 Å². The molecule has 0 aromatic carbocycles. The molecule has 4 heterocycles. The number of hydrogen-bond donors (Lipinski definition) is 1. The van der Waals surface area contributed by atoms with E-state index in [2.05, 4.69) is 20.9 Å². The summed E-state index contributed by atoms with van der Waals surface area (Å²) in [5.41, 5.74) is 3.19. The molecule has 4 rings (SSSR count). The molecule has 2 aromatic heterocycles. The molecule has 116 valence electrons. The number of nitrogens with one attached hydrogen (secondary N) is 1. The van der Waals surface area contributed by atoms with Gasteiger partial charge in [0.25, 0.3) is 0 Å². The van der Waals surface area contributed by atoms with Gasteiger partial charge >= 0.3 is 0 Å². The van der Waals surface area contributed by atoms with Crippen LogP contribution in [0.1, 0.15) is 17.7 Å². The van der Waals surface area contributed by atoms with Gasteiger partial charge < -0.3 is 14.8 Å². The van der Waals surface area contributed by atoms with Crippen molar-refractivity contribution in [3.63, 3.8) is 0 Å². The number of fused-ring (bicyclic) bond motifs is 3. The standard InChI is InChI=1S/C16H19ClN4O/c1-10-13-6-12-9-20(16(22)11-2-3-18-7-11)4-5-21(12)15(13)19-8-14(10)17/h6,8,11,18H,2-5,7,9H2,1H3. The van der Waals surface area contributed by atoms with Crippen LogP contribution in [0.15, 0.2) is 12.3 Å². The monoisotopic (exact) mass is 318 g/mol. The number of nitrogens with zero attached hydrogens (tertiary/aromatic N) is 3. The van der Waals surface area contributed by atoms with Gasteiger partial charge in [-0.25, -0.2) is 4.98 Å². The smallest absolute Gasteiger partial charge is 0.227 e. The summed E-state index contributed by atoms with van der Waals surface area (Å²) < 4.78 is 2.22. The Morgan fingerprint density at radius 1 is 1.45 bits per heavy atom. The van der Waals surface area contributed by atoms with Crippen LogP contribution in [0.2, 0.25) is 5.02 Å². The van der Waals surface area contributed by atoms with Gasteiger partial charge in [0.1, 0.15) is 5.65 Å². The van der Waals surface area contributed by atoms with Gasteiger partial charge in [0.2, 0.25) is 5.91 Å². The van der Waals surface area contributed by atoms with Crippen molar-refractivity contribution in [3.05, 3.63) is 28.5 Å². The van der Waals surface area contributed by atoms with Crippen molar-refractivity contribution in [2.45, 2.75) is 26.4 Å². The predicted molar refractivity (Wildman–Crippen MR) is 85.9 cm³/mol. The van der Waals surface area contributed by atoms with Crippen molar-refractivity contribution in [2.75, 3.05) is 19.6 Å². The van der Waals surface area contributed by atoms with Crippen LogP contribution < -0.4 is 5.32 Å². The number of pyridine rings is 1. The van der Waals surface area contributed by atoms with Crippen molar-refractivity contribution in [1.82, 2.24) is 19.8 Å². The minimum Gasteiger partial charge on any atom is -0.335 e. The van der Waals surface area contributed by atoms with Crippen LogP contribution >= 0.6 is 11.6 Å². The largest absolute Gasteiger partial charge is 0.335 e. The van der Waals surface area contributed by atoms with Crippen molar-refractivity contribution in [2.24, 2.45) is 5.92 Å². The molecule has 2 aliphatic heterocycles. The number of carbonyl (C=O) groups is 1. The Hall–Kier alpha value is -1.59. The fourth-order valence-electron chi connectivity index (χ4n) is 3.54. The van der Waals surface area contributed by atoms with E-state index in [1.165, 1.54) is 0 Å². The molecule has 1 saturated heterocycles. The normalized spacial score (nSPS) is 21.4. The molecule has 22 heavy (non-hydrogen) atoms. The molecular weight excluding hydrogens is 300 g/mol. The van der Waals surface area contributed by atoms with E-state index in [9.17, 15) is 4.79 Å². The topological polar surface area (TPSA) is 50.2 Å². The first-order valence-corrected chi connectivity index (χ1v) is 8.15. The lowest BCUT2D eigenvalue weighted by molar-refractivity contribution is -0.136. The first kappa shape index (κ1) is 14.0. The molecule has 0 spiro atoms. The summed E-state index contributed by atoms with van der Waals surface area (Å²) in [7, 11) is 0. The van der Waals surface area contributed by atoms with Crippen molar-refractivity contribution < 1.29 is 4.79 Å². The van der Waals surface area contributed by atoms with Crippen LogP contribution in [0.4, 0.5) is 0 Å². The maximum Gasteiger partial charge on any atom is 0.227 e. The van der Waals surface area contributed by atoms with E-state index in [0.29, 0.717) is 11.6 Å². The van der Waals surface area contributed by atoms with E-state index in [-0.39, 0.29) is 11.8 Å². The van der Waals surface area contributed by atoms with Crippen LogP contribution in [0.3, 0.4) is 0 Å². The molecule has 1 atom stereocenters. The SMILES string of the molecule is Cc1c(Cl)cnc2c1cc1n2CCN(C(=O)C2CCNC2)C1. The number of hydrogen-bond acceptors (Lipinski definition) is 3. The summed E-state index contributed by atoms with van der Waals surface area (Å²) in [5.74, 6) is 0.425. The third kappa shape index (κ3) is 2.11. The molecule has 0 radical (unpaired) electrons. The number of carbonyl (C=O) groups excluding carboxylic acids is 1. The highest BCUT2D eigenvalue weighted by Gasteiger charge is 2.30. The zero-order valence-corrected chi connectivity index (χ0v) is 13.4. The second-order valence-electron chi connectivity index (χ2n) is 6.21. The fraction of sp³-hybridized carbons (Fsp3) is 0.500. The summed E-state index contributed by atoms with van der Waals surface area (Å²) in [6.45, 7) is 6.02. The minimum absolute atomic E-state index is 0.144. The molecule has 1 N–H and O–H groups in total. The molecular formula is C16H19ClN4O. The maximum absolute atomic E-state index is 12.6. The Bertz CT molecular complexity index is 748.